The van der Waals surface area contributed by atoms with E-state index in [0.29, 0.717) is 17.2 Å². The second kappa shape index (κ2) is 9.21. The van der Waals surface area contributed by atoms with Gasteiger partial charge in [-0.15, -0.1) is 0 Å². The monoisotopic (exact) mass is 385 g/mol. The fraction of sp³-hybridized carbons (Fsp3) is 0.381. The van der Waals surface area contributed by atoms with Gasteiger partial charge in [0.25, 0.3) is 0 Å². The molecule has 0 radical (unpaired) electrons. The van der Waals surface area contributed by atoms with Gasteiger partial charge in [-0.25, -0.2) is 0 Å². The highest BCUT2D eigenvalue weighted by atomic mass is 16.5. The van der Waals surface area contributed by atoms with Crippen LogP contribution < -0.4 is 23.8 Å². The molecule has 7 heteroatoms. The second-order valence-corrected chi connectivity index (χ2v) is 6.31. The van der Waals surface area contributed by atoms with Gasteiger partial charge in [-0.1, -0.05) is 12.1 Å². The molecule has 0 amide bonds. The normalized spacial score (nSPS) is 14.3. The zero-order chi connectivity index (χ0) is 19.9. The van der Waals surface area contributed by atoms with E-state index in [1.807, 2.05) is 24.3 Å². The van der Waals surface area contributed by atoms with Gasteiger partial charge in [0.2, 0.25) is 0 Å². The fourth-order valence-electron chi connectivity index (χ4n) is 3.24. The number of para-hydroxylation sites is 2. The molecule has 1 fully saturated rings. The van der Waals surface area contributed by atoms with Crippen LogP contribution in [0.4, 0.5) is 5.69 Å². The zero-order valence-corrected chi connectivity index (χ0v) is 16.8. The van der Waals surface area contributed by atoms with E-state index < -0.39 is 0 Å². The number of hydrogen-bond donors (Lipinski definition) is 0. The molecule has 28 heavy (non-hydrogen) atoms. The lowest BCUT2D eigenvalue weighted by Gasteiger charge is -2.35. The van der Waals surface area contributed by atoms with Crippen molar-refractivity contribution in [1.82, 2.24) is 5.01 Å². The predicted molar refractivity (Wildman–Crippen MR) is 110 cm³/mol. The summed E-state index contributed by atoms with van der Waals surface area (Å²) in [5, 5.41) is 6.70. The maximum Gasteiger partial charge on any atom is 0.164 e. The zero-order valence-electron chi connectivity index (χ0n) is 16.8. The average Bonchev–Trinajstić information content (AvgIpc) is 2.77. The van der Waals surface area contributed by atoms with E-state index in [1.54, 1.807) is 40.7 Å². The van der Waals surface area contributed by atoms with Crippen LogP contribution in [0.25, 0.3) is 0 Å². The van der Waals surface area contributed by atoms with Gasteiger partial charge in [-0.2, -0.15) is 5.10 Å². The molecule has 1 saturated heterocycles. The van der Waals surface area contributed by atoms with Crippen LogP contribution in [0.2, 0.25) is 0 Å². The van der Waals surface area contributed by atoms with Gasteiger partial charge in [-0.3, -0.25) is 5.01 Å². The molecule has 1 aliphatic rings. The third-order valence-electron chi connectivity index (χ3n) is 4.78. The smallest absolute Gasteiger partial charge is 0.164 e. The average molecular weight is 385 g/mol. The van der Waals surface area contributed by atoms with Crippen LogP contribution in [0.5, 0.6) is 23.0 Å². The summed E-state index contributed by atoms with van der Waals surface area (Å²) in [7, 11) is 6.55. The topological polar surface area (TPSA) is 55.8 Å². The number of nitrogens with zero attached hydrogens (tertiary/aromatic N) is 3. The molecule has 0 spiro atoms. The summed E-state index contributed by atoms with van der Waals surface area (Å²) in [6, 6.07) is 11.8. The van der Waals surface area contributed by atoms with Gasteiger partial charge in [-0.05, 0) is 18.2 Å². The number of methoxy groups -OCH3 is 4. The van der Waals surface area contributed by atoms with Crippen molar-refractivity contribution in [3.8, 4) is 23.0 Å². The van der Waals surface area contributed by atoms with Crippen molar-refractivity contribution >= 4 is 11.9 Å². The van der Waals surface area contributed by atoms with Crippen LogP contribution in [-0.4, -0.2) is 65.8 Å². The van der Waals surface area contributed by atoms with E-state index in [4.69, 9.17) is 18.9 Å². The minimum atomic E-state index is 0.627. The summed E-state index contributed by atoms with van der Waals surface area (Å²) in [6.45, 7) is 3.40. The van der Waals surface area contributed by atoms with Crippen LogP contribution in [0.3, 0.4) is 0 Å². The van der Waals surface area contributed by atoms with Crippen molar-refractivity contribution in [3.05, 3.63) is 42.0 Å². The molecule has 3 rings (SSSR count). The Morgan fingerprint density at radius 1 is 0.750 bits per heavy atom. The Bertz CT molecular complexity index is 817. The molecule has 1 heterocycles. The van der Waals surface area contributed by atoms with Crippen molar-refractivity contribution < 1.29 is 18.9 Å². The lowest BCUT2D eigenvalue weighted by atomic mass is 10.2. The van der Waals surface area contributed by atoms with E-state index in [9.17, 15) is 0 Å². The van der Waals surface area contributed by atoms with Gasteiger partial charge < -0.3 is 23.8 Å². The summed E-state index contributed by atoms with van der Waals surface area (Å²) in [5.41, 5.74) is 1.96. The highest BCUT2D eigenvalue weighted by molar-refractivity contribution is 5.85. The quantitative estimate of drug-likeness (QED) is 0.683. The largest absolute Gasteiger partial charge is 0.496 e. The molecule has 0 unspecified atom stereocenters. The number of ether oxygens (including phenoxy) is 4. The van der Waals surface area contributed by atoms with E-state index in [2.05, 4.69) is 21.1 Å². The minimum Gasteiger partial charge on any atom is -0.496 e. The van der Waals surface area contributed by atoms with Gasteiger partial charge in [0.05, 0.1) is 53.4 Å². The first-order valence-corrected chi connectivity index (χ1v) is 9.17. The Morgan fingerprint density at radius 3 is 2.00 bits per heavy atom. The Kier molecular flexibility index (Phi) is 6.47. The van der Waals surface area contributed by atoms with Crippen molar-refractivity contribution in [1.29, 1.82) is 0 Å². The molecule has 150 valence electrons. The third kappa shape index (κ3) is 4.24. The molecule has 2 aromatic carbocycles. The summed E-state index contributed by atoms with van der Waals surface area (Å²) >= 11 is 0. The van der Waals surface area contributed by atoms with Crippen LogP contribution in [0, 0.1) is 0 Å². The third-order valence-corrected chi connectivity index (χ3v) is 4.78. The Balaban J connectivity index is 1.68. The lowest BCUT2D eigenvalue weighted by Crippen LogP contribution is -2.44. The Hall–Kier alpha value is -3.09. The van der Waals surface area contributed by atoms with Crippen LogP contribution in [0.1, 0.15) is 5.56 Å². The highest BCUT2D eigenvalue weighted by Crippen LogP contribution is 2.34. The van der Waals surface area contributed by atoms with Crippen molar-refractivity contribution in [2.24, 2.45) is 5.10 Å². The van der Waals surface area contributed by atoms with Gasteiger partial charge in [0.15, 0.2) is 11.5 Å². The predicted octanol–water partition coefficient (Wildman–Crippen LogP) is 2.88. The van der Waals surface area contributed by atoms with Gasteiger partial charge >= 0.3 is 0 Å². The molecule has 0 bridgehead atoms. The van der Waals surface area contributed by atoms with Crippen molar-refractivity contribution in [2.75, 3.05) is 59.5 Å². The first-order valence-electron chi connectivity index (χ1n) is 9.17. The maximum atomic E-state index is 5.48. The summed E-state index contributed by atoms with van der Waals surface area (Å²) in [4.78, 5) is 2.32. The number of anilines is 1. The standard InChI is InChI=1S/C21H27N3O4/c1-25-18-8-6-5-7-17(18)23-9-11-24(12-10-23)22-15-16-13-20(27-3)21(28-4)14-19(16)26-2/h5-8,13-15H,9-12H2,1-4H3/b22-15+. The Morgan fingerprint density at radius 2 is 1.36 bits per heavy atom. The maximum absolute atomic E-state index is 5.48. The molecule has 0 N–H and O–H groups in total. The number of hydrogen-bond acceptors (Lipinski definition) is 7. The minimum absolute atomic E-state index is 0.627. The van der Waals surface area contributed by atoms with E-state index in [-0.39, 0.29) is 0 Å². The lowest BCUT2D eigenvalue weighted by molar-refractivity contribution is 0.271. The first kappa shape index (κ1) is 19.7. The second-order valence-electron chi connectivity index (χ2n) is 6.31. The molecule has 0 aliphatic carbocycles. The summed E-state index contributed by atoms with van der Waals surface area (Å²) in [5.74, 6) is 2.86. The molecule has 0 saturated carbocycles. The van der Waals surface area contributed by atoms with E-state index >= 15 is 0 Å². The molecule has 7 nitrogen and oxygen atoms in total. The SMILES string of the molecule is COc1cc(OC)c(OC)cc1/C=N/N1CCN(c2ccccc2OC)CC1. The molecule has 2 aromatic rings. The number of hydrazone groups is 1. The first-order chi connectivity index (χ1) is 13.7. The van der Waals surface area contributed by atoms with Gasteiger partial charge in [0.1, 0.15) is 11.5 Å². The highest BCUT2D eigenvalue weighted by Gasteiger charge is 2.18. The van der Waals surface area contributed by atoms with Crippen LogP contribution in [0.15, 0.2) is 41.5 Å². The van der Waals surface area contributed by atoms with E-state index in [1.165, 1.54) is 0 Å². The molecule has 0 aromatic heterocycles. The molecule has 1 aliphatic heterocycles. The molecule has 0 atom stereocenters. The number of piperazine rings is 1. The number of benzene rings is 2. The van der Waals surface area contributed by atoms with Crippen LogP contribution >= 0.6 is 0 Å². The van der Waals surface area contributed by atoms with E-state index in [0.717, 1.165) is 43.2 Å². The van der Waals surface area contributed by atoms with Crippen molar-refractivity contribution in [2.45, 2.75) is 0 Å². The van der Waals surface area contributed by atoms with Crippen molar-refractivity contribution in [3.63, 3.8) is 0 Å². The Labute approximate surface area is 166 Å². The van der Waals surface area contributed by atoms with Crippen LogP contribution in [-0.2, 0) is 0 Å². The molecular formula is C21H27N3O4. The summed E-state index contributed by atoms with van der Waals surface area (Å²) < 4.78 is 21.6. The summed E-state index contributed by atoms with van der Waals surface area (Å²) in [6.07, 6.45) is 1.81. The number of rotatable bonds is 7. The molecular weight excluding hydrogens is 358 g/mol. The fourth-order valence-corrected chi connectivity index (χ4v) is 3.24. The van der Waals surface area contributed by atoms with Gasteiger partial charge in [0, 0.05) is 24.7 Å².